The van der Waals surface area contributed by atoms with Gasteiger partial charge >= 0.3 is 0 Å². The highest BCUT2D eigenvalue weighted by atomic mass is 32.2. The molecule has 0 spiro atoms. The van der Waals surface area contributed by atoms with Crippen molar-refractivity contribution >= 4 is 10.8 Å². The van der Waals surface area contributed by atoms with Crippen LogP contribution in [0.3, 0.4) is 0 Å². The van der Waals surface area contributed by atoms with Crippen LogP contribution in [0.1, 0.15) is 24.0 Å². The Morgan fingerprint density at radius 2 is 2.15 bits per heavy atom. The molecule has 0 aliphatic carbocycles. The first-order valence-electron chi connectivity index (χ1n) is 6.91. The van der Waals surface area contributed by atoms with Gasteiger partial charge in [0.1, 0.15) is 12.4 Å². The van der Waals surface area contributed by atoms with Gasteiger partial charge in [-0.05, 0) is 36.5 Å². The highest BCUT2D eigenvalue weighted by Crippen LogP contribution is 2.38. The minimum atomic E-state index is -0.768. The molecule has 106 valence electrons. The van der Waals surface area contributed by atoms with Gasteiger partial charge in [0, 0.05) is 28.3 Å². The summed E-state index contributed by atoms with van der Waals surface area (Å²) in [5, 5.41) is 9.62. The van der Waals surface area contributed by atoms with Gasteiger partial charge in [0.25, 0.3) is 0 Å². The predicted octanol–water partition coefficient (Wildman–Crippen LogP) is 1.25. The Labute approximate surface area is 121 Å². The number of rotatable bonds is 1. The van der Waals surface area contributed by atoms with Gasteiger partial charge in [-0.3, -0.25) is 4.21 Å². The molecule has 2 aliphatic rings. The molecule has 0 aromatic heterocycles. The summed E-state index contributed by atoms with van der Waals surface area (Å²) in [6.07, 6.45) is 2.14. The molecule has 1 fully saturated rings. The van der Waals surface area contributed by atoms with E-state index in [4.69, 9.17) is 10.5 Å². The zero-order valence-corrected chi connectivity index (χ0v) is 12.1. The van der Waals surface area contributed by atoms with E-state index in [2.05, 4.69) is 6.07 Å². The molecule has 2 heterocycles. The minimum Gasteiger partial charge on any atom is -0.492 e. The number of nitrogens with two attached hydrogens (primary N) is 1. The molecule has 0 saturated carbocycles. The molecule has 5 heteroatoms. The Balaban J connectivity index is 1.94. The van der Waals surface area contributed by atoms with Gasteiger partial charge in [0.15, 0.2) is 0 Å². The molecule has 2 aliphatic heterocycles. The van der Waals surface area contributed by atoms with Crippen molar-refractivity contribution in [1.82, 2.24) is 0 Å². The van der Waals surface area contributed by atoms with E-state index in [1.165, 1.54) is 0 Å². The van der Waals surface area contributed by atoms with Crippen LogP contribution in [0.4, 0.5) is 0 Å². The van der Waals surface area contributed by atoms with Crippen molar-refractivity contribution in [2.24, 2.45) is 5.73 Å². The fourth-order valence-electron chi connectivity index (χ4n) is 2.96. The van der Waals surface area contributed by atoms with Gasteiger partial charge in [0.2, 0.25) is 0 Å². The van der Waals surface area contributed by atoms with E-state index in [0.29, 0.717) is 31.0 Å². The lowest BCUT2D eigenvalue weighted by Crippen LogP contribution is -2.35. The molecule has 1 unspecified atom stereocenters. The van der Waals surface area contributed by atoms with Crippen molar-refractivity contribution in [3.63, 3.8) is 0 Å². The molecule has 1 atom stereocenters. The fourth-order valence-corrected chi connectivity index (χ4v) is 4.32. The molecule has 4 nitrogen and oxygen atoms in total. The summed E-state index contributed by atoms with van der Waals surface area (Å²) >= 11 is 0. The standard InChI is InChI=1S/C15H18N2O2S/c16-10-15(3-5-20(18)6-4-15)12-2-1-11-7-13(17)9-19-14(11)8-12/h1-2,8,13H,3-7,9,17H2. The number of nitriles is 1. The van der Waals surface area contributed by atoms with Crippen LogP contribution >= 0.6 is 0 Å². The van der Waals surface area contributed by atoms with Gasteiger partial charge < -0.3 is 10.5 Å². The normalized spacial score (nSPS) is 32.8. The van der Waals surface area contributed by atoms with Crippen molar-refractivity contribution < 1.29 is 8.95 Å². The lowest BCUT2D eigenvalue weighted by atomic mass is 9.76. The Bertz CT molecular complexity index is 584. The van der Waals surface area contributed by atoms with Crippen molar-refractivity contribution in [3.05, 3.63) is 29.3 Å². The zero-order valence-electron chi connectivity index (χ0n) is 11.3. The van der Waals surface area contributed by atoms with Gasteiger partial charge in [-0.1, -0.05) is 12.1 Å². The van der Waals surface area contributed by atoms with Crippen molar-refractivity contribution in [2.45, 2.75) is 30.7 Å². The molecule has 0 amide bonds. The first-order chi connectivity index (χ1) is 9.63. The maximum absolute atomic E-state index is 11.5. The van der Waals surface area contributed by atoms with Crippen LogP contribution in [-0.2, 0) is 22.6 Å². The third-order valence-electron chi connectivity index (χ3n) is 4.28. The van der Waals surface area contributed by atoms with Gasteiger partial charge in [-0.25, -0.2) is 0 Å². The summed E-state index contributed by atoms with van der Waals surface area (Å²) in [6.45, 7) is 0.528. The second-order valence-corrected chi connectivity index (χ2v) is 7.34. The lowest BCUT2D eigenvalue weighted by molar-refractivity contribution is 0.262. The summed E-state index contributed by atoms with van der Waals surface area (Å²) in [6, 6.07) is 8.52. The second-order valence-electron chi connectivity index (χ2n) is 5.64. The molecule has 1 saturated heterocycles. The van der Waals surface area contributed by atoms with Crippen LogP contribution in [0, 0.1) is 11.3 Å². The summed E-state index contributed by atoms with van der Waals surface area (Å²) < 4.78 is 17.2. The minimum absolute atomic E-state index is 0.0513. The smallest absolute Gasteiger partial charge is 0.122 e. The van der Waals surface area contributed by atoms with Crippen LogP contribution in [0.2, 0.25) is 0 Å². The van der Waals surface area contributed by atoms with Crippen LogP contribution in [0.15, 0.2) is 18.2 Å². The first-order valence-corrected chi connectivity index (χ1v) is 8.40. The average Bonchev–Trinajstić information content (AvgIpc) is 2.48. The zero-order chi connectivity index (χ0) is 14.2. The lowest BCUT2D eigenvalue weighted by Gasteiger charge is -2.32. The van der Waals surface area contributed by atoms with Crippen LogP contribution < -0.4 is 10.5 Å². The Hall–Kier alpha value is -1.38. The van der Waals surface area contributed by atoms with Gasteiger partial charge in [-0.15, -0.1) is 0 Å². The predicted molar refractivity (Wildman–Crippen MR) is 78.0 cm³/mol. The SMILES string of the molecule is N#CC1(c2ccc3c(c2)OCC(N)C3)CCS(=O)CC1. The number of hydrogen-bond donors (Lipinski definition) is 1. The number of hydrogen-bond acceptors (Lipinski definition) is 4. The quantitative estimate of drug-likeness (QED) is 0.844. The van der Waals surface area contributed by atoms with E-state index in [9.17, 15) is 9.47 Å². The number of fused-ring (bicyclic) bond motifs is 1. The molecule has 2 N–H and O–H groups in total. The van der Waals surface area contributed by atoms with E-state index < -0.39 is 16.2 Å². The topological polar surface area (TPSA) is 76.1 Å². The van der Waals surface area contributed by atoms with Crippen molar-refractivity contribution in [3.8, 4) is 11.8 Å². The Kier molecular flexibility index (Phi) is 3.53. The van der Waals surface area contributed by atoms with Crippen molar-refractivity contribution in [1.29, 1.82) is 5.26 Å². The number of ether oxygens (including phenoxy) is 1. The summed E-state index contributed by atoms with van der Waals surface area (Å²) in [7, 11) is -0.768. The molecule has 0 bridgehead atoms. The van der Waals surface area contributed by atoms with Crippen molar-refractivity contribution in [2.75, 3.05) is 18.1 Å². The van der Waals surface area contributed by atoms with E-state index in [0.717, 1.165) is 23.3 Å². The average molecular weight is 290 g/mol. The first kappa shape index (κ1) is 13.6. The van der Waals surface area contributed by atoms with E-state index in [1.807, 2.05) is 18.2 Å². The van der Waals surface area contributed by atoms with E-state index in [1.54, 1.807) is 0 Å². The second kappa shape index (κ2) is 5.19. The molecule has 3 rings (SSSR count). The molecular weight excluding hydrogens is 272 g/mol. The summed E-state index contributed by atoms with van der Waals surface area (Å²) in [4.78, 5) is 0. The monoisotopic (exact) mass is 290 g/mol. The Morgan fingerprint density at radius 1 is 1.40 bits per heavy atom. The Morgan fingerprint density at radius 3 is 2.85 bits per heavy atom. The third-order valence-corrected chi connectivity index (χ3v) is 5.60. The van der Waals surface area contributed by atoms with E-state index in [-0.39, 0.29) is 6.04 Å². The van der Waals surface area contributed by atoms with Crippen LogP contribution in [-0.4, -0.2) is 28.4 Å². The van der Waals surface area contributed by atoms with Gasteiger partial charge in [-0.2, -0.15) is 5.26 Å². The van der Waals surface area contributed by atoms with Gasteiger partial charge in [0.05, 0.1) is 11.5 Å². The number of nitrogens with zero attached hydrogens (tertiary/aromatic N) is 1. The van der Waals surface area contributed by atoms with Crippen LogP contribution in [0.25, 0.3) is 0 Å². The van der Waals surface area contributed by atoms with E-state index >= 15 is 0 Å². The fraction of sp³-hybridized carbons (Fsp3) is 0.533. The largest absolute Gasteiger partial charge is 0.492 e. The molecule has 1 aromatic carbocycles. The maximum atomic E-state index is 11.5. The molecule has 1 aromatic rings. The van der Waals surface area contributed by atoms with Crippen LogP contribution in [0.5, 0.6) is 5.75 Å². The summed E-state index contributed by atoms with van der Waals surface area (Å²) in [5.41, 5.74) is 7.48. The highest BCUT2D eigenvalue weighted by Gasteiger charge is 2.37. The molecular formula is C15H18N2O2S. The number of benzene rings is 1. The summed E-state index contributed by atoms with van der Waals surface area (Å²) in [5.74, 6) is 2.07. The third kappa shape index (κ3) is 2.34. The highest BCUT2D eigenvalue weighted by molar-refractivity contribution is 7.85. The molecule has 20 heavy (non-hydrogen) atoms. The molecule has 0 radical (unpaired) electrons. The maximum Gasteiger partial charge on any atom is 0.122 e.